The average molecular weight is 210 g/mol. The van der Waals surface area contributed by atoms with Crippen LogP contribution in [0.4, 0.5) is 0 Å². The Morgan fingerprint density at radius 1 is 1.60 bits per heavy atom. The molecule has 1 heterocycles. The lowest BCUT2D eigenvalue weighted by Crippen LogP contribution is -2.33. The molecule has 0 saturated heterocycles. The van der Waals surface area contributed by atoms with Gasteiger partial charge in [-0.2, -0.15) is 5.10 Å². The summed E-state index contributed by atoms with van der Waals surface area (Å²) in [5, 5.41) is 12.6. The standard InChI is InChI=1S/C10H18N4O/c1-3-4-11-7-10(15)12-5-9-6-13-14-8(9)2/h6,11H,3-5,7H2,1-2H3,(H,12,15)(H,13,14). The van der Waals surface area contributed by atoms with Gasteiger partial charge in [0.1, 0.15) is 0 Å². The number of hydrogen-bond acceptors (Lipinski definition) is 3. The molecule has 0 radical (unpaired) electrons. The Morgan fingerprint density at radius 2 is 2.40 bits per heavy atom. The van der Waals surface area contributed by atoms with E-state index in [-0.39, 0.29) is 5.91 Å². The highest BCUT2D eigenvalue weighted by Crippen LogP contribution is 2.00. The van der Waals surface area contributed by atoms with Crippen LogP contribution in [0.1, 0.15) is 24.6 Å². The number of rotatable bonds is 6. The summed E-state index contributed by atoms with van der Waals surface area (Å²) in [5.41, 5.74) is 2.02. The van der Waals surface area contributed by atoms with E-state index < -0.39 is 0 Å². The van der Waals surface area contributed by atoms with Gasteiger partial charge >= 0.3 is 0 Å². The molecule has 0 atom stereocenters. The molecule has 1 aromatic heterocycles. The smallest absolute Gasteiger partial charge is 0.234 e. The zero-order chi connectivity index (χ0) is 11.1. The highest BCUT2D eigenvalue weighted by molar-refractivity contribution is 5.77. The van der Waals surface area contributed by atoms with Gasteiger partial charge in [-0.15, -0.1) is 0 Å². The molecule has 0 aliphatic carbocycles. The summed E-state index contributed by atoms with van der Waals surface area (Å²) in [6.45, 7) is 5.79. The van der Waals surface area contributed by atoms with Crippen LogP contribution >= 0.6 is 0 Å². The van der Waals surface area contributed by atoms with Crippen LogP contribution in [0, 0.1) is 6.92 Å². The van der Waals surface area contributed by atoms with Crippen molar-refractivity contribution in [2.45, 2.75) is 26.8 Å². The van der Waals surface area contributed by atoms with Gasteiger partial charge in [0.05, 0.1) is 12.7 Å². The predicted molar refractivity (Wildman–Crippen MR) is 58.3 cm³/mol. The van der Waals surface area contributed by atoms with Gasteiger partial charge in [0.2, 0.25) is 5.91 Å². The van der Waals surface area contributed by atoms with E-state index in [2.05, 4.69) is 27.8 Å². The van der Waals surface area contributed by atoms with Crippen molar-refractivity contribution < 1.29 is 4.79 Å². The van der Waals surface area contributed by atoms with E-state index in [1.165, 1.54) is 0 Å². The maximum atomic E-state index is 11.3. The highest BCUT2D eigenvalue weighted by Gasteiger charge is 2.03. The third kappa shape index (κ3) is 4.12. The first kappa shape index (κ1) is 11.7. The minimum Gasteiger partial charge on any atom is -0.351 e. The van der Waals surface area contributed by atoms with E-state index in [0.717, 1.165) is 24.2 Å². The molecule has 3 N–H and O–H groups in total. The molecule has 5 heteroatoms. The summed E-state index contributed by atoms with van der Waals surface area (Å²) in [5.74, 6) is 0.0176. The molecule has 1 aromatic rings. The van der Waals surface area contributed by atoms with Crippen molar-refractivity contribution in [3.63, 3.8) is 0 Å². The Balaban J connectivity index is 2.20. The Hall–Kier alpha value is -1.36. The van der Waals surface area contributed by atoms with Gasteiger partial charge in [-0.1, -0.05) is 6.92 Å². The molecular weight excluding hydrogens is 192 g/mol. The first-order valence-corrected chi connectivity index (χ1v) is 5.20. The molecule has 0 aliphatic heterocycles. The molecule has 1 amide bonds. The predicted octanol–water partition coefficient (Wildman–Crippen LogP) is 0.334. The second kappa shape index (κ2) is 6.19. The zero-order valence-corrected chi connectivity index (χ0v) is 9.26. The van der Waals surface area contributed by atoms with E-state index in [0.29, 0.717) is 13.1 Å². The fourth-order valence-electron chi connectivity index (χ4n) is 1.19. The summed E-state index contributed by atoms with van der Waals surface area (Å²) in [6, 6.07) is 0. The van der Waals surface area contributed by atoms with Gasteiger partial charge in [-0.3, -0.25) is 9.89 Å². The van der Waals surface area contributed by atoms with Gasteiger partial charge in [-0.05, 0) is 19.9 Å². The molecule has 84 valence electrons. The second-order valence-corrected chi connectivity index (χ2v) is 3.47. The Morgan fingerprint density at radius 3 is 3.00 bits per heavy atom. The average Bonchev–Trinajstić information content (AvgIpc) is 2.61. The van der Waals surface area contributed by atoms with Crippen LogP contribution in [0.5, 0.6) is 0 Å². The minimum absolute atomic E-state index is 0.0176. The molecule has 0 unspecified atom stereocenters. The number of amides is 1. The quantitative estimate of drug-likeness (QED) is 0.593. The van der Waals surface area contributed by atoms with Crippen molar-refractivity contribution in [3.05, 3.63) is 17.5 Å². The number of carbonyl (C=O) groups excluding carboxylic acids is 1. The van der Waals surface area contributed by atoms with Gasteiger partial charge in [0, 0.05) is 17.8 Å². The number of aromatic amines is 1. The summed E-state index contributed by atoms with van der Waals surface area (Å²) >= 11 is 0. The molecule has 15 heavy (non-hydrogen) atoms. The van der Waals surface area contributed by atoms with Gasteiger partial charge in [-0.25, -0.2) is 0 Å². The fraction of sp³-hybridized carbons (Fsp3) is 0.600. The van der Waals surface area contributed by atoms with Crippen molar-refractivity contribution in [2.75, 3.05) is 13.1 Å². The zero-order valence-electron chi connectivity index (χ0n) is 9.26. The first-order chi connectivity index (χ1) is 7.24. The number of carbonyl (C=O) groups is 1. The second-order valence-electron chi connectivity index (χ2n) is 3.47. The molecular formula is C10H18N4O. The molecule has 1 rings (SSSR count). The minimum atomic E-state index is 0.0176. The summed E-state index contributed by atoms with van der Waals surface area (Å²) in [4.78, 5) is 11.3. The number of aryl methyl sites for hydroxylation is 1. The highest BCUT2D eigenvalue weighted by atomic mass is 16.1. The molecule has 5 nitrogen and oxygen atoms in total. The maximum absolute atomic E-state index is 11.3. The van der Waals surface area contributed by atoms with Crippen LogP contribution in [-0.4, -0.2) is 29.2 Å². The molecule has 0 aromatic carbocycles. The van der Waals surface area contributed by atoms with Crippen LogP contribution < -0.4 is 10.6 Å². The van der Waals surface area contributed by atoms with Crippen LogP contribution in [-0.2, 0) is 11.3 Å². The molecule has 0 bridgehead atoms. The maximum Gasteiger partial charge on any atom is 0.234 e. The summed E-state index contributed by atoms with van der Waals surface area (Å²) < 4.78 is 0. The largest absolute Gasteiger partial charge is 0.351 e. The van der Waals surface area contributed by atoms with Crippen molar-refractivity contribution in [2.24, 2.45) is 0 Å². The molecule has 0 spiro atoms. The van der Waals surface area contributed by atoms with Crippen molar-refractivity contribution in [3.8, 4) is 0 Å². The lowest BCUT2D eigenvalue weighted by molar-refractivity contribution is -0.120. The van der Waals surface area contributed by atoms with E-state index in [4.69, 9.17) is 0 Å². The van der Waals surface area contributed by atoms with Gasteiger partial charge in [0.15, 0.2) is 0 Å². The lowest BCUT2D eigenvalue weighted by Gasteiger charge is -2.05. The number of H-pyrrole nitrogens is 1. The summed E-state index contributed by atoms with van der Waals surface area (Å²) in [6.07, 6.45) is 2.77. The van der Waals surface area contributed by atoms with Gasteiger partial charge in [0.25, 0.3) is 0 Å². The fourth-order valence-corrected chi connectivity index (χ4v) is 1.19. The van der Waals surface area contributed by atoms with E-state index in [1.54, 1.807) is 6.20 Å². The molecule has 0 aliphatic rings. The Bertz CT molecular complexity index is 308. The van der Waals surface area contributed by atoms with Crippen LogP contribution in [0.2, 0.25) is 0 Å². The van der Waals surface area contributed by atoms with Crippen molar-refractivity contribution >= 4 is 5.91 Å². The Labute approximate surface area is 89.6 Å². The number of aromatic nitrogens is 2. The lowest BCUT2D eigenvalue weighted by atomic mass is 10.2. The van der Waals surface area contributed by atoms with Gasteiger partial charge < -0.3 is 10.6 Å². The molecule has 0 fully saturated rings. The Kier molecular flexibility index (Phi) is 4.83. The first-order valence-electron chi connectivity index (χ1n) is 5.20. The van der Waals surface area contributed by atoms with Crippen LogP contribution in [0.3, 0.4) is 0 Å². The van der Waals surface area contributed by atoms with E-state index >= 15 is 0 Å². The number of hydrogen-bond donors (Lipinski definition) is 3. The number of nitrogens with zero attached hydrogens (tertiary/aromatic N) is 1. The number of nitrogens with one attached hydrogen (secondary N) is 3. The normalized spacial score (nSPS) is 10.3. The van der Waals surface area contributed by atoms with Crippen LogP contribution in [0.15, 0.2) is 6.20 Å². The third-order valence-electron chi connectivity index (χ3n) is 2.12. The van der Waals surface area contributed by atoms with Crippen molar-refractivity contribution in [1.29, 1.82) is 0 Å². The van der Waals surface area contributed by atoms with Crippen molar-refractivity contribution in [1.82, 2.24) is 20.8 Å². The summed E-state index contributed by atoms with van der Waals surface area (Å²) in [7, 11) is 0. The topological polar surface area (TPSA) is 69.8 Å². The molecule has 0 saturated carbocycles. The van der Waals surface area contributed by atoms with E-state index in [1.807, 2.05) is 6.92 Å². The monoisotopic (exact) mass is 210 g/mol. The SMILES string of the molecule is CCCNCC(=O)NCc1cn[nH]c1C. The van der Waals surface area contributed by atoms with Crippen LogP contribution in [0.25, 0.3) is 0 Å². The third-order valence-corrected chi connectivity index (χ3v) is 2.12. The van der Waals surface area contributed by atoms with E-state index in [9.17, 15) is 4.79 Å².